The number of ether oxygens (including phenoxy) is 1. The van der Waals surface area contributed by atoms with Crippen molar-refractivity contribution in [1.29, 1.82) is 0 Å². The molecule has 0 amide bonds. The van der Waals surface area contributed by atoms with Gasteiger partial charge in [-0.15, -0.1) is 0 Å². The predicted molar refractivity (Wildman–Crippen MR) is 58.3 cm³/mol. The Bertz CT molecular complexity index is 225. The van der Waals surface area contributed by atoms with Gasteiger partial charge in [0.15, 0.2) is 0 Å². The second kappa shape index (κ2) is 4.21. The van der Waals surface area contributed by atoms with Crippen LogP contribution >= 0.6 is 15.9 Å². The van der Waals surface area contributed by atoms with Crippen molar-refractivity contribution in [1.82, 2.24) is 0 Å². The van der Waals surface area contributed by atoms with Gasteiger partial charge in [-0.2, -0.15) is 0 Å². The van der Waals surface area contributed by atoms with Gasteiger partial charge >= 0.3 is 5.97 Å². The normalized spacial score (nSPS) is 35.1. The minimum atomic E-state index is -0.0203. The number of halogens is 1. The summed E-state index contributed by atoms with van der Waals surface area (Å²) < 4.78 is 5.32. The van der Waals surface area contributed by atoms with Crippen LogP contribution in [-0.2, 0) is 9.53 Å². The van der Waals surface area contributed by atoms with Gasteiger partial charge in [-0.1, -0.05) is 42.1 Å². The van der Waals surface area contributed by atoms with E-state index in [0.717, 1.165) is 12.3 Å². The first kappa shape index (κ1) is 10.5. The van der Waals surface area contributed by atoms with Crippen LogP contribution in [0.25, 0.3) is 0 Å². The number of cyclic esters (lactones) is 1. The van der Waals surface area contributed by atoms with Crippen LogP contribution in [0.4, 0.5) is 0 Å². The maximum absolute atomic E-state index is 11.2. The lowest BCUT2D eigenvalue weighted by Gasteiger charge is -2.29. The lowest BCUT2D eigenvalue weighted by atomic mass is 9.81. The molecular formula is C11H17BrO2. The largest absolute Gasteiger partial charge is 0.461 e. The highest BCUT2D eigenvalue weighted by Crippen LogP contribution is 2.36. The van der Waals surface area contributed by atoms with Crippen LogP contribution in [0.2, 0.25) is 0 Å². The molecule has 1 aliphatic heterocycles. The lowest BCUT2D eigenvalue weighted by Crippen LogP contribution is -2.25. The van der Waals surface area contributed by atoms with E-state index in [0.29, 0.717) is 4.83 Å². The van der Waals surface area contributed by atoms with Gasteiger partial charge in [-0.05, 0) is 18.8 Å². The van der Waals surface area contributed by atoms with Crippen LogP contribution in [0.1, 0.15) is 39.0 Å². The fourth-order valence-electron chi connectivity index (χ4n) is 2.18. The van der Waals surface area contributed by atoms with Crippen LogP contribution in [0.15, 0.2) is 0 Å². The van der Waals surface area contributed by atoms with E-state index in [1.807, 2.05) is 6.92 Å². The SMILES string of the molecule is C[C@@H]1CC(C(Br)CC2CCC2)OC1=O. The molecular weight excluding hydrogens is 244 g/mol. The van der Waals surface area contributed by atoms with E-state index in [-0.39, 0.29) is 18.0 Å². The third kappa shape index (κ3) is 2.13. The Balaban J connectivity index is 1.80. The van der Waals surface area contributed by atoms with Crippen LogP contribution < -0.4 is 0 Å². The van der Waals surface area contributed by atoms with Crippen molar-refractivity contribution in [3.8, 4) is 0 Å². The molecule has 3 atom stereocenters. The summed E-state index contributed by atoms with van der Waals surface area (Å²) in [6.45, 7) is 1.95. The van der Waals surface area contributed by atoms with E-state index in [1.165, 1.54) is 25.7 Å². The third-order valence-corrected chi connectivity index (χ3v) is 4.41. The molecule has 0 aromatic carbocycles. The summed E-state index contributed by atoms with van der Waals surface area (Å²) in [6, 6.07) is 0. The second-order valence-electron chi connectivity index (χ2n) is 4.66. The zero-order chi connectivity index (χ0) is 10.1. The van der Waals surface area contributed by atoms with Crippen molar-refractivity contribution in [3.05, 3.63) is 0 Å². The zero-order valence-electron chi connectivity index (χ0n) is 8.54. The monoisotopic (exact) mass is 260 g/mol. The zero-order valence-corrected chi connectivity index (χ0v) is 10.1. The van der Waals surface area contributed by atoms with Crippen molar-refractivity contribution in [2.75, 3.05) is 0 Å². The van der Waals surface area contributed by atoms with Crippen LogP contribution in [-0.4, -0.2) is 16.9 Å². The molecule has 2 nitrogen and oxygen atoms in total. The van der Waals surface area contributed by atoms with Gasteiger partial charge in [0.05, 0.1) is 10.7 Å². The molecule has 1 saturated carbocycles. The maximum atomic E-state index is 11.2. The first-order chi connectivity index (χ1) is 6.66. The third-order valence-electron chi connectivity index (χ3n) is 3.44. The predicted octanol–water partition coefficient (Wildman–Crippen LogP) is 2.89. The summed E-state index contributed by atoms with van der Waals surface area (Å²) in [5, 5.41) is 0. The van der Waals surface area contributed by atoms with Gasteiger partial charge in [-0.3, -0.25) is 4.79 Å². The molecule has 3 heteroatoms. The number of carbonyl (C=O) groups is 1. The minimum Gasteiger partial charge on any atom is -0.461 e. The Hall–Kier alpha value is -0.0500. The van der Waals surface area contributed by atoms with Crippen LogP contribution in [0, 0.1) is 11.8 Å². The molecule has 1 heterocycles. The second-order valence-corrected chi connectivity index (χ2v) is 5.84. The van der Waals surface area contributed by atoms with E-state index < -0.39 is 0 Å². The number of alkyl halides is 1. The van der Waals surface area contributed by atoms with Crippen molar-refractivity contribution in [2.45, 2.75) is 50.0 Å². The minimum absolute atomic E-state index is 0.0203. The van der Waals surface area contributed by atoms with E-state index in [9.17, 15) is 4.79 Å². The molecule has 80 valence electrons. The standard InChI is InChI=1S/C11H17BrO2/c1-7-5-10(14-11(7)13)9(12)6-8-3-2-4-8/h7-10H,2-6H2,1H3/t7-,9?,10?/m1/s1. The Morgan fingerprint density at radius 2 is 2.29 bits per heavy atom. The number of hydrogen-bond acceptors (Lipinski definition) is 2. The average Bonchev–Trinajstić information content (AvgIpc) is 2.40. The van der Waals surface area contributed by atoms with Crippen molar-refractivity contribution < 1.29 is 9.53 Å². The fraction of sp³-hybridized carbons (Fsp3) is 0.909. The quantitative estimate of drug-likeness (QED) is 0.576. The number of carbonyl (C=O) groups excluding carboxylic acids is 1. The summed E-state index contributed by atoms with van der Waals surface area (Å²) >= 11 is 3.66. The van der Waals surface area contributed by atoms with Crippen LogP contribution in [0.3, 0.4) is 0 Å². The van der Waals surface area contributed by atoms with Gasteiger partial charge in [-0.25, -0.2) is 0 Å². The summed E-state index contributed by atoms with van der Waals surface area (Å²) in [7, 11) is 0. The topological polar surface area (TPSA) is 26.3 Å². The Labute approximate surface area is 93.5 Å². The highest BCUT2D eigenvalue weighted by atomic mass is 79.9. The molecule has 1 aliphatic carbocycles. The van der Waals surface area contributed by atoms with E-state index in [2.05, 4.69) is 15.9 Å². The number of hydrogen-bond donors (Lipinski definition) is 0. The fourth-order valence-corrected chi connectivity index (χ4v) is 3.03. The summed E-state index contributed by atoms with van der Waals surface area (Å²) in [5.41, 5.74) is 0. The van der Waals surface area contributed by atoms with Gasteiger partial charge in [0.25, 0.3) is 0 Å². The molecule has 2 unspecified atom stereocenters. The maximum Gasteiger partial charge on any atom is 0.309 e. The Morgan fingerprint density at radius 1 is 1.57 bits per heavy atom. The summed E-state index contributed by atoms with van der Waals surface area (Å²) in [4.78, 5) is 11.6. The number of rotatable bonds is 3. The van der Waals surface area contributed by atoms with E-state index in [1.54, 1.807) is 0 Å². The van der Waals surface area contributed by atoms with Crippen molar-refractivity contribution in [2.24, 2.45) is 11.8 Å². The average molecular weight is 261 g/mol. The number of esters is 1. The van der Waals surface area contributed by atoms with Gasteiger partial charge < -0.3 is 4.74 Å². The molecule has 14 heavy (non-hydrogen) atoms. The summed E-state index contributed by atoms with van der Waals surface area (Å²) in [5.74, 6) is 0.948. The van der Waals surface area contributed by atoms with Gasteiger partial charge in [0.1, 0.15) is 6.10 Å². The molecule has 0 bridgehead atoms. The highest BCUT2D eigenvalue weighted by molar-refractivity contribution is 9.09. The Morgan fingerprint density at radius 3 is 2.71 bits per heavy atom. The van der Waals surface area contributed by atoms with Gasteiger partial charge in [0.2, 0.25) is 0 Å². The molecule has 2 aliphatic rings. The Kier molecular flexibility index (Phi) is 3.15. The molecule has 0 aromatic heterocycles. The molecule has 2 rings (SSSR count). The van der Waals surface area contributed by atoms with E-state index >= 15 is 0 Å². The summed E-state index contributed by atoms with van der Waals surface area (Å²) in [6.07, 6.45) is 6.28. The van der Waals surface area contributed by atoms with Crippen molar-refractivity contribution in [3.63, 3.8) is 0 Å². The molecule has 0 N–H and O–H groups in total. The molecule has 0 radical (unpaired) electrons. The first-order valence-electron chi connectivity index (χ1n) is 5.51. The van der Waals surface area contributed by atoms with Crippen molar-refractivity contribution >= 4 is 21.9 Å². The first-order valence-corrected chi connectivity index (χ1v) is 6.43. The molecule has 1 saturated heterocycles. The van der Waals surface area contributed by atoms with Gasteiger partial charge in [0, 0.05) is 0 Å². The molecule has 0 spiro atoms. The smallest absolute Gasteiger partial charge is 0.309 e. The lowest BCUT2D eigenvalue weighted by molar-refractivity contribution is -0.144. The molecule has 2 fully saturated rings. The van der Waals surface area contributed by atoms with E-state index in [4.69, 9.17) is 4.74 Å². The highest BCUT2D eigenvalue weighted by Gasteiger charge is 2.36. The van der Waals surface area contributed by atoms with Crippen LogP contribution in [0.5, 0.6) is 0 Å². The molecule has 0 aromatic rings.